The summed E-state index contributed by atoms with van der Waals surface area (Å²) < 4.78 is 40.8. The number of nitrogen functional groups attached to an aromatic ring is 1. The van der Waals surface area contributed by atoms with E-state index in [2.05, 4.69) is 10.1 Å². The lowest BCUT2D eigenvalue weighted by atomic mass is 10.3. The van der Waals surface area contributed by atoms with E-state index >= 15 is 0 Å². The number of benzene rings is 1. The molecule has 1 amide bonds. The van der Waals surface area contributed by atoms with Crippen molar-refractivity contribution in [2.24, 2.45) is 0 Å². The van der Waals surface area contributed by atoms with Crippen molar-refractivity contribution in [3.63, 3.8) is 0 Å². The Hall–Kier alpha value is -1.47. The minimum absolute atomic E-state index is 0.192. The van der Waals surface area contributed by atoms with E-state index in [1.54, 1.807) is 0 Å². The van der Waals surface area contributed by atoms with Gasteiger partial charge >= 0.3 is 6.18 Å². The van der Waals surface area contributed by atoms with Crippen LogP contribution in [0.3, 0.4) is 0 Å². The topological polar surface area (TPSA) is 64.3 Å². The molecule has 0 bridgehead atoms. The average Bonchev–Trinajstić information content (AvgIpc) is 2.28. The van der Waals surface area contributed by atoms with E-state index in [1.165, 1.54) is 18.2 Å². The summed E-state index contributed by atoms with van der Waals surface area (Å²) in [5.41, 5.74) is 6.12. The highest BCUT2D eigenvalue weighted by atomic mass is 35.5. The monoisotopic (exact) mass is 296 g/mol. The van der Waals surface area contributed by atoms with Crippen molar-refractivity contribution in [2.45, 2.75) is 19.2 Å². The summed E-state index contributed by atoms with van der Waals surface area (Å²) in [6.07, 6.45) is -6.51. The first-order valence-electron chi connectivity index (χ1n) is 5.23. The number of anilines is 2. The Morgan fingerprint density at radius 1 is 1.53 bits per heavy atom. The number of rotatable bonds is 4. The minimum Gasteiger partial charge on any atom is -0.399 e. The van der Waals surface area contributed by atoms with Gasteiger partial charge in [-0.05, 0) is 25.1 Å². The van der Waals surface area contributed by atoms with E-state index in [4.69, 9.17) is 17.3 Å². The van der Waals surface area contributed by atoms with Gasteiger partial charge in [-0.3, -0.25) is 4.79 Å². The van der Waals surface area contributed by atoms with Crippen molar-refractivity contribution in [1.29, 1.82) is 0 Å². The van der Waals surface area contributed by atoms with E-state index in [0.29, 0.717) is 5.69 Å². The summed E-state index contributed by atoms with van der Waals surface area (Å²) in [7, 11) is 0. The molecule has 1 aromatic carbocycles. The molecule has 0 aliphatic carbocycles. The SMILES string of the molecule is CC(OCC(=O)Nc1ccc(N)cc1Cl)C(F)(F)F. The van der Waals surface area contributed by atoms with Crippen LogP contribution in [0.25, 0.3) is 0 Å². The predicted octanol–water partition coefficient (Wildman–Crippen LogP) is 2.83. The van der Waals surface area contributed by atoms with Crippen LogP contribution < -0.4 is 11.1 Å². The number of carbonyl (C=O) groups excluding carboxylic acids is 1. The molecular weight excluding hydrogens is 285 g/mol. The largest absolute Gasteiger partial charge is 0.414 e. The number of ether oxygens (including phenoxy) is 1. The van der Waals surface area contributed by atoms with E-state index in [0.717, 1.165) is 6.92 Å². The van der Waals surface area contributed by atoms with Crippen LogP contribution in [0.4, 0.5) is 24.5 Å². The van der Waals surface area contributed by atoms with Gasteiger partial charge < -0.3 is 15.8 Å². The van der Waals surface area contributed by atoms with Gasteiger partial charge in [0.05, 0.1) is 10.7 Å². The molecule has 1 aromatic rings. The van der Waals surface area contributed by atoms with Crippen LogP contribution in [-0.4, -0.2) is 24.8 Å². The molecule has 8 heteroatoms. The van der Waals surface area contributed by atoms with Gasteiger partial charge in [-0.2, -0.15) is 13.2 Å². The maximum atomic E-state index is 12.1. The maximum Gasteiger partial charge on any atom is 0.414 e. The first-order chi connectivity index (χ1) is 8.70. The number of nitrogens with two attached hydrogens (primary N) is 1. The lowest BCUT2D eigenvalue weighted by Crippen LogP contribution is -2.32. The summed E-state index contributed by atoms with van der Waals surface area (Å²) in [5.74, 6) is -0.734. The number of halogens is 4. The van der Waals surface area contributed by atoms with E-state index in [1.807, 2.05) is 0 Å². The lowest BCUT2D eigenvalue weighted by molar-refractivity contribution is -0.213. The average molecular weight is 297 g/mol. The molecule has 19 heavy (non-hydrogen) atoms. The van der Waals surface area contributed by atoms with Crippen LogP contribution in [-0.2, 0) is 9.53 Å². The molecular formula is C11H12ClF3N2O2. The number of hydrogen-bond acceptors (Lipinski definition) is 3. The van der Waals surface area contributed by atoms with Gasteiger partial charge in [-0.25, -0.2) is 0 Å². The number of amides is 1. The lowest BCUT2D eigenvalue weighted by Gasteiger charge is -2.16. The second-order valence-corrected chi connectivity index (χ2v) is 4.19. The predicted molar refractivity (Wildman–Crippen MR) is 66.0 cm³/mol. The first kappa shape index (κ1) is 15.6. The molecule has 1 atom stereocenters. The zero-order valence-corrected chi connectivity index (χ0v) is 10.7. The van der Waals surface area contributed by atoms with Crippen molar-refractivity contribution in [1.82, 2.24) is 0 Å². The number of hydrogen-bond donors (Lipinski definition) is 2. The van der Waals surface area contributed by atoms with Gasteiger partial charge in [0, 0.05) is 5.69 Å². The molecule has 0 radical (unpaired) electrons. The molecule has 0 saturated carbocycles. The van der Waals surface area contributed by atoms with Crippen LogP contribution in [0.5, 0.6) is 0 Å². The van der Waals surface area contributed by atoms with E-state index in [9.17, 15) is 18.0 Å². The fourth-order valence-corrected chi connectivity index (χ4v) is 1.35. The zero-order chi connectivity index (χ0) is 14.6. The second kappa shape index (κ2) is 6.12. The third-order valence-electron chi connectivity index (χ3n) is 2.19. The van der Waals surface area contributed by atoms with Gasteiger partial charge in [0.2, 0.25) is 5.91 Å². The summed E-state index contributed by atoms with van der Waals surface area (Å²) in [4.78, 5) is 11.4. The standard InChI is InChI=1S/C11H12ClF3N2O2/c1-6(11(13,14)15)19-5-10(18)17-9-3-2-7(16)4-8(9)12/h2-4,6H,5,16H2,1H3,(H,17,18). The molecule has 0 aliphatic heterocycles. The molecule has 0 spiro atoms. The number of carbonyl (C=O) groups is 1. The normalized spacial score (nSPS) is 13.1. The number of nitrogens with one attached hydrogen (secondary N) is 1. The summed E-state index contributed by atoms with van der Waals surface area (Å²) in [5, 5.41) is 2.52. The molecule has 0 saturated heterocycles. The van der Waals surface area contributed by atoms with Gasteiger partial charge in [-0.1, -0.05) is 11.6 Å². The fourth-order valence-electron chi connectivity index (χ4n) is 1.11. The molecule has 0 heterocycles. The highest BCUT2D eigenvalue weighted by molar-refractivity contribution is 6.34. The summed E-state index contributed by atoms with van der Waals surface area (Å²) in [6, 6.07) is 4.36. The third-order valence-corrected chi connectivity index (χ3v) is 2.51. The van der Waals surface area contributed by atoms with Crippen molar-refractivity contribution in [2.75, 3.05) is 17.7 Å². The van der Waals surface area contributed by atoms with Crippen LogP contribution in [0.1, 0.15) is 6.92 Å². The van der Waals surface area contributed by atoms with Crippen LogP contribution in [0.15, 0.2) is 18.2 Å². The quantitative estimate of drug-likeness (QED) is 0.840. The Morgan fingerprint density at radius 2 is 2.16 bits per heavy atom. The van der Waals surface area contributed by atoms with Crippen LogP contribution >= 0.6 is 11.6 Å². The summed E-state index contributed by atoms with van der Waals surface area (Å²) >= 11 is 5.79. The highest BCUT2D eigenvalue weighted by Gasteiger charge is 2.37. The van der Waals surface area contributed by atoms with Gasteiger partial charge in [0.25, 0.3) is 0 Å². The molecule has 1 unspecified atom stereocenters. The number of alkyl halides is 3. The van der Waals surface area contributed by atoms with Crippen molar-refractivity contribution < 1.29 is 22.7 Å². The third kappa shape index (κ3) is 4.96. The second-order valence-electron chi connectivity index (χ2n) is 3.78. The molecule has 0 aromatic heterocycles. The molecule has 106 valence electrons. The first-order valence-corrected chi connectivity index (χ1v) is 5.61. The van der Waals surface area contributed by atoms with Crippen LogP contribution in [0.2, 0.25) is 5.02 Å². The highest BCUT2D eigenvalue weighted by Crippen LogP contribution is 2.24. The van der Waals surface area contributed by atoms with E-state index < -0.39 is 24.8 Å². The smallest absolute Gasteiger partial charge is 0.399 e. The molecule has 3 N–H and O–H groups in total. The molecule has 0 fully saturated rings. The molecule has 4 nitrogen and oxygen atoms in total. The Bertz CT molecular complexity index is 466. The van der Waals surface area contributed by atoms with Gasteiger partial charge in [0.1, 0.15) is 6.61 Å². The van der Waals surface area contributed by atoms with E-state index in [-0.39, 0.29) is 10.7 Å². The van der Waals surface area contributed by atoms with Crippen molar-refractivity contribution >= 4 is 28.9 Å². The van der Waals surface area contributed by atoms with Crippen molar-refractivity contribution in [3.05, 3.63) is 23.2 Å². The van der Waals surface area contributed by atoms with Crippen molar-refractivity contribution in [3.8, 4) is 0 Å². The minimum atomic E-state index is -4.50. The molecule has 0 aliphatic rings. The molecule has 1 rings (SSSR count). The zero-order valence-electron chi connectivity index (χ0n) is 9.92. The Kier molecular flexibility index (Phi) is 5.02. The Balaban J connectivity index is 2.52. The summed E-state index contributed by atoms with van der Waals surface area (Å²) in [6.45, 7) is 0.102. The fraction of sp³-hybridized carbons (Fsp3) is 0.364. The van der Waals surface area contributed by atoms with Gasteiger partial charge in [0.15, 0.2) is 6.10 Å². The van der Waals surface area contributed by atoms with Crippen LogP contribution in [0, 0.1) is 0 Å². The Labute approximate surface area is 112 Å². The Morgan fingerprint density at radius 3 is 2.68 bits per heavy atom. The van der Waals surface area contributed by atoms with Gasteiger partial charge in [-0.15, -0.1) is 0 Å². The maximum absolute atomic E-state index is 12.1.